The summed E-state index contributed by atoms with van der Waals surface area (Å²) in [5.74, 6) is -0.549. The van der Waals surface area contributed by atoms with Gasteiger partial charge < -0.3 is 15.8 Å². The average Bonchev–Trinajstić information content (AvgIpc) is 2.34. The lowest BCUT2D eigenvalue weighted by atomic mass is 10.2. The van der Waals surface area contributed by atoms with Gasteiger partial charge in [-0.05, 0) is 31.5 Å². The lowest BCUT2D eigenvalue weighted by molar-refractivity contribution is -0.0501. The van der Waals surface area contributed by atoms with Crippen LogP contribution >= 0.6 is 12.4 Å². The third-order valence-corrected chi connectivity index (χ3v) is 2.26. The molecule has 0 aliphatic rings. The monoisotopic (exact) mass is 294 g/mol. The van der Waals surface area contributed by atoms with E-state index in [9.17, 15) is 13.6 Å². The summed E-state index contributed by atoms with van der Waals surface area (Å²) in [6, 6.07) is 5.90. The number of carbonyl (C=O) groups is 1. The van der Waals surface area contributed by atoms with Crippen LogP contribution in [0.2, 0.25) is 0 Å². The molecule has 7 heteroatoms. The Bertz CT molecular complexity index is 392. The quantitative estimate of drug-likeness (QED) is 0.758. The maximum atomic E-state index is 12.1. The van der Waals surface area contributed by atoms with Crippen molar-refractivity contribution in [2.45, 2.75) is 19.5 Å². The van der Waals surface area contributed by atoms with Crippen LogP contribution in [0, 0.1) is 0 Å². The molecule has 0 heterocycles. The molecule has 0 aliphatic carbocycles. The standard InChI is InChI=1S/C12H16F2N2O2.ClH/c13-12(14)18-10-6-2-1-5-9(10)11(17)16-8-4-3-7-15;/h1-2,5-6,12H,3-4,7-8,15H2,(H,16,17);1H. The van der Waals surface area contributed by atoms with Crippen molar-refractivity contribution < 1.29 is 18.3 Å². The molecule has 1 aromatic rings. The molecule has 0 saturated heterocycles. The van der Waals surface area contributed by atoms with Gasteiger partial charge in [0.25, 0.3) is 5.91 Å². The average molecular weight is 295 g/mol. The number of ether oxygens (including phenoxy) is 1. The van der Waals surface area contributed by atoms with Gasteiger partial charge in [-0.3, -0.25) is 4.79 Å². The molecular weight excluding hydrogens is 278 g/mol. The number of benzene rings is 1. The third kappa shape index (κ3) is 6.35. The summed E-state index contributed by atoms with van der Waals surface area (Å²) < 4.78 is 28.6. The molecule has 19 heavy (non-hydrogen) atoms. The topological polar surface area (TPSA) is 64.3 Å². The SMILES string of the molecule is Cl.NCCCCNC(=O)c1ccccc1OC(F)F. The fraction of sp³-hybridized carbons (Fsp3) is 0.417. The first kappa shape index (κ1) is 17.6. The molecule has 0 radical (unpaired) electrons. The Morgan fingerprint density at radius 1 is 1.32 bits per heavy atom. The molecule has 0 aromatic heterocycles. The number of hydrogen-bond donors (Lipinski definition) is 2. The molecule has 0 fully saturated rings. The number of amides is 1. The smallest absolute Gasteiger partial charge is 0.387 e. The minimum atomic E-state index is -2.95. The Hall–Kier alpha value is -1.40. The van der Waals surface area contributed by atoms with Crippen LogP contribution < -0.4 is 15.8 Å². The van der Waals surface area contributed by atoms with E-state index in [1.165, 1.54) is 18.2 Å². The zero-order valence-electron chi connectivity index (χ0n) is 10.3. The predicted octanol–water partition coefficient (Wildman–Crippen LogP) is 2.18. The molecule has 0 atom stereocenters. The first-order valence-corrected chi connectivity index (χ1v) is 5.67. The van der Waals surface area contributed by atoms with Gasteiger partial charge in [0.15, 0.2) is 0 Å². The molecular formula is C12H17ClF2N2O2. The Morgan fingerprint density at radius 3 is 2.63 bits per heavy atom. The van der Waals surface area contributed by atoms with Crippen molar-refractivity contribution in [1.82, 2.24) is 5.32 Å². The van der Waals surface area contributed by atoms with Crippen molar-refractivity contribution >= 4 is 18.3 Å². The fourth-order valence-electron chi connectivity index (χ4n) is 1.42. The number of para-hydroxylation sites is 1. The van der Waals surface area contributed by atoms with E-state index in [-0.39, 0.29) is 23.7 Å². The Morgan fingerprint density at radius 2 is 2.00 bits per heavy atom. The summed E-state index contributed by atoms with van der Waals surface area (Å²) in [5.41, 5.74) is 5.42. The maximum Gasteiger partial charge on any atom is 0.387 e. The van der Waals surface area contributed by atoms with Crippen molar-refractivity contribution in [2.24, 2.45) is 5.73 Å². The second kappa shape index (κ2) is 9.52. The van der Waals surface area contributed by atoms with Gasteiger partial charge in [-0.2, -0.15) is 8.78 Å². The Kier molecular flexibility index (Phi) is 8.82. The molecule has 0 spiro atoms. The van der Waals surface area contributed by atoms with Gasteiger partial charge in [-0.15, -0.1) is 12.4 Å². The molecule has 4 nitrogen and oxygen atoms in total. The Labute approximate surface area is 116 Å². The van der Waals surface area contributed by atoms with Crippen LogP contribution in [0.4, 0.5) is 8.78 Å². The highest BCUT2D eigenvalue weighted by molar-refractivity contribution is 5.96. The molecule has 0 unspecified atom stereocenters. The molecule has 3 N–H and O–H groups in total. The highest BCUT2D eigenvalue weighted by Crippen LogP contribution is 2.19. The number of unbranched alkanes of at least 4 members (excludes halogenated alkanes) is 1. The molecule has 0 bridgehead atoms. The number of carbonyl (C=O) groups excluding carboxylic acids is 1. The van der Waals surface area contributed by atoms with E-state index in [0.717, 1.165) is 12.8 Å². The predicted molar refractivity (Wildman–Crippen MR) is 70.9 cm³/mol. The van der Waals surface area contributed by atoms with Gasteiger partial charge in [-0.25, -0.2) is 0 Å². The third-order valence-electron chi connectivity index (χ3n) is 2.26. The highest BCUT2D eigenvalue weighted by atomic mass is 35.5. The van der Waals surface area contributed by atoms with Crippen molar-refractivity contribution in [3.8, 4) is 5.75 Å². The van der Waals surface area contributed by atoms with Gasteiger partial charge >= 0.3 is 6.61 Å². The van der Waals surface area contributed by atoms with Crippen molar-refractivity contribution in [1.29, 1.82) is 0 Å². The van der Waals surface area contributed by atoms with Crippen LogP contribution in [-0.4, -0.2) is 25.6 Å². The first-order chi connectivity index (χ1) is 8.65. The summed E-state index contributed by atoms with van der Waals surface area (Å²) in [5, 5.41) is 2.63. The van der Waals surface area contributed by atoms with Crippen LogP contribution in [0.15, 0.2) is 24.3 Å². The zero-order valence-corrected chi connectivity index (χ0v) is 11.1. The van der Waals surface area contributed by atoms with Gasteiger partial charge in [0, 0.05) is 6.54 Å². The van der Waals surface area contributed by atoms with Crippen molar-refractivity contribution in [3.63, 3.8) is 0 Å². The van der Waals surface area contributed by atoms with Gasteiger partial charge in [-0.1, -0.05) is 12.1 Å². The second-order valence-electron chi connectivity index (χ2n) is 3.63. The van der Waals surface area contributed by atoms with Crippen molar-refractivity contribution in [3.05, 3.63) is 29.8 Å². The molecule has 1 amide bonds. The summed E-state index contributed by atoms with van der Waals surface area (Å²) in [6.07, 6.45) is 1.55. The van der Waals surface area contributed by atoms with E-state index in [0.29, 0.717) is 13.1 Å². The lowest BCUT2D eigenvalue weighted by Crippen LogP contribution is -2.25. The Balaban J connectivity index is 0.00000324. The number of halogens is 3. The molecule has 0 saturated carbocycles. The van der Waals surface area contributed by atoms with Crippen LogP contribution in [-0.2, 0) is 0 Å². The van der Waals surface area contributed by atoms with E-state index in [1.54, 1.807) is 6.07 Å². The zero-order chi connectivity index (χ0) is 13.4. The van der Waals surface area contributed by atoms with E-state index in [4.69, 9.17) is 5.73 Å². The number of nitrogens with two attached hydrogens (primary N) is 1. The maximum absolute atomic E-state index is 12.1. The van der Waals surface area contributed by atoms with E-state index in [1.807, 2.05) is 0 Å². The fourth-order valence-corrected chi connectivity index (χ4v) is 1.42. The van der Waals surface area contributed by atoms with Gasteiger partial charge in [0.1, 0.15) is 5.75 Å². The molecule has 0 aliphatic heterocycles. The summed E-state index contributed by atoms with van der Waals surface area (Å²) in [6.45, 7) is -1.93. The molecule has 1 rings (SSSR count). The minimum absolute atomic E-state index is 0. The summed E-state index contributed by atoms with van der Waals surface area (Å²) in [7, 11) is 0. The van der Waals surface area contributed by atoms with E-state index < -0.39 is 12.5 Å². The van der Waals surface area contributed by atoms with Gasteiger partial charge in [0.05, 0.1) is 5.56 Å². The normalized spacial score (nSPS) is 9.89. The lowest BCUT2D eigenvalue weighted by Gasteiger charge is -2.10. The van der Waals surface area contributed by atoms with Crippen molar-refractivity contribution in [2.75, 3.05) is 13.1 Å². The summed E-state index contributed by atoms with van der Waals surface area (Å²) in [4.78, 5) is 11.7. The first-order valence-electron chi connectivity index (χ1n) is 5.67. The summed E-state index contributed by atoms with van der Waals surface area (Å²) >= 11 is 0. The number of hydrogen-bond acceptors (Lipinski definition) is 3. The number of nitrogens with one attached hydrogen (secondary N) is 1. The van der Waals surface area contributed by atoms with Crippen LogP contribution in [0.5, 0.6) is 5.75 Å². The minimum Gasteiger partial charge on any atom is -0.434 e. The van der Waals surface area contributed by atoms with Crippen LogP contribution in [0.1, 0.15) is 23.2 Å². The van der Waals surface area contributed by atoms with Gasteiger partial charge in [0.2, 0.25) is 0 Å². The van der Waals surface area contributed by atoms with E-state index in [2.05, 4.69) is 10.1 Å². The largest absolute Gasteiger partial charge is 0.434 e. The number of alkyl halides is 2. The van der Waals surface area contributed by atoms with E-state index >= 15 is 0 Å². The highest BCUT2D eigenvalue weighted by Gasteiger charge is 2.14. The number of rotatable bonds is 7. The van der Waals surface area contributed by atoms with Crippen LogP contribution in [0.3, 0.4) is 0 Å². The molecule has 1 aromatic carbocycles. The molecule has 108 valence electrons. The van der Waals surface area contributed by atoms with Crippen LogP contribution in [0.25, 0.3) is 0 Å². The second-order valence-corrected chi connectivity index (χ2v) is 3.63.